The lowest BCUT2D eigenvalue weighted by molar-refractivity contribution is -0.131. The number of para-hydroxylation sites is 1. The third kappa shape index (κ3) is 4.74. The zero-order valence-electron chi connectivity index (χ0n) is 18.7. The molecule has 0 saturated carbocycles. The van der Waals surface area contributed by atoms with Crippen LogP contribution in [0.2, 0.25) is 5.02 Å². The van der Waals surface area contributed by atoms with Crippen molar-refractivity contribution in [2.45, 2.75) is 32.9 Å². The van der Waals surface area contributed by atoms with Gasteiger partial charge >= 0.3 is 5.97 Å². The van der Waals surface area contributed by atoms with Gasteiger partial charge in [-0.3, -0.25) is 5.10 Å². The molecule has 8 heteroatoms. The molecule has 0 saturated heterocycles. The van der Waals surface area contributed by atoms with Crippen molar-refractivity contribution in [1.82, 2.24) is 19.7 Å². The molecule has 168 valence electrons. The van der Waals surface area contributed by atoms with Gasteiger partial charge in [0.15, 0.2) is 5.82 Å². The first-order valence-electron chi connectivity index (χ1n) is 10.3. The maximum Gasteiger partial charge on any atom is 0.342 e. The molecule has 0 spiro atoms. The molecule has 2 aromatic carbocycles. The van der Waals surface area contributed by atoms with Crippen LogP contribution >= 0.6 is 23.4 Å². The van der Waals surface area contributed by atoms with E-state index in [9.17, 15) is 9.90 Å². The number of benzene rings is 2. The molecule has 0 bridgehead atoms. The maximum atomic E-state index is 12.0. The summed E-state index contributed by atoms with van der Waals surface area (Å²) in [6.45, 7) is 8.19. The van der Waals surface area contributed by atoms with Crippen LogP contribution in [-0.2, 0) is 4.79 Å². The fourth-order valence-corrected chi connectivity index (χ4v) is 4.66. The minimum Gasteiger partial charge on any atom is -0.477 e. The van der Waals surface area contributed by atoms with E-state index in [1.54, 1.807) is 18.2 Å². The molecule has 2 aromatic heterocycles. The number of aromatic nitrogens is 4. The van der Waals surface area contributed by atoms with E-state index in [2.05, 4.69) is 45.7 Å². The number of H-pyrrole nitrogens is 1. The summed E-state index contributed by atoms with van der Waals surface area (Å²) in [5, 5.41) is 17.8. The van der Waals surface area contributed by atoms with E-state index in [1.807, 2.05) is 38.1 Å². The van der Waals surface area contributed by atoms with Crippen molar-refractivity contribution < 1.29 is 9.90 Å². The van der Waals surface area contributed by atoms with Crippen LogP contribution in [0.5, 0.6) is 0 Å². The first-order valence-corrected chi connectivity index (χ1v) is 11.5. The van der Waals surface area contributed by atoms with Crippen molar-refractivity contribution in [1.29, 1.82) is 0 Å². The number of hydrogen-bond acceptors (Lipinski definition) is 4. The van der Waals surface area contributed by atoms with E-state index in [4.69, 9.17) is 11.6 Å². The highest BCUT2D eigenvalue weighted by atomic mass is 35.5. The summed E-state index contributed by atoms with van der Waals surface area (Å²) in [5.74, 6) is -0.484. The van der Waals surface area contributed by atoms with Crippen LogP contribution in [0.15, 0.2) is 58.6 Å². The lowest BCUT2D eigenvalue weighted by Crippen LogP contribution is -2.04. The number of halogens is 1. The van der Waals surface area contributed by atoms with Crippen LogP contribution in [0.1, 0.15) is 28.1 Å². The second kappa shape index (κ2) is 9.29. The highest BCUT2D eigenvalue weighted by molar-refractivity contribution is 8.04. The van der Waals surface area contributed by atoms with Crippen molar-refractivity contribution in [3.63, 3.8) is 0 Å². The number of hydrogen-bond donors (Lipinski definition) is 2. The third-order valence-electron chi connectivity index (χ3n) is 5.41. The molecule has 33 heavy (non-hydrogen) atoms. The van der Waals surface area contributed by atoms with Gasteiger partial charge in [-0.15, -0.1) is 5.10 Å². The van der Waals surface area contributed by atoms with Gasteiger partial charge in [-0.05, 0) is 92.6 Å². The topological polar surface area (TPSA) is 83.8 Å². The lowest BCUT2D eigenvalue weighted by Gasteiger charge is -2.15. The summed E-state index contributed by atoms with van der Waals surface area (Å²) in [6.07, 6.45) is 1.68. The lowest BCUT2D eigenvalue weighted by atomic mass is 10.1. The molecular weight excluding hydrogens is 456 g/mol. The van der Waals surface area contributed by atoms with Gasteiger partial charge in [-0.25, -0.2) is 9.78 Å². The van der Waals surface area contributed by atoms with Gasteiger partial charge < -0.3 is 9.67 Å². The molecular formula is C25H23ClN4O2S. The number of thioether (sulfide) groups is 1. The minimum atomic E-state index is -1.03. The number of carboxylic acids is 1. The molecule has 0 unspecified atom stereocenters. The standard InChI is InChI=1S/C25H23ClN4O2S/c1-14-6-5-7-15(2)22(14)30-16(3)12-19(17(30)4)13-21(24(31)32)33-25-27-23(28-29-25)18-8-10-20(26)11-9-18/h5-13H,1-4H3,(H,31,32)(H,27,28,29)/b21-13-. The van der Waals surface area contributed by atoms with Crippen LogP contribution in [0.3, 0.4) is 0 Å². The van der Waals surface area contributed by atoms with Gasteiger partial charge in [-0.1, -0.05) is 29.8 Å². The predicted molar refractivity (Wildman–Crippen MR) is 133 cm³/mol. The Balaban J connectivity index is 1.67. The summed E-state index contributed by atoms with van der Waals surface area (Å²) < 4.78 is 2.17. The van der Waals surface area contributed by atoms with Crippen molar-refractivity contribution in [2.24, 2.45) is 0 Å². The van der Waals surface area contributed by atoms with E-state index in [-0.39, 0.29) is 4.91 Å². The zero-order valence-corrected chi connectivity index (χ0v) is 20.3. The molecule has 6 nitrogen and oxygen atoms in total. The molecule has 2 heterocycles. The van der Waals surface area contributed by atoms with Crippen LogP contribution in [-0.4, -0.2) is 30.8 Å². The number of aromatic amines is 1. The molecule has 0 aliphatic carbocycles. The van der Waals surface area contributed by atoms with Crippen LogP contribution in [0.25, 0.3) is 23.2 Å². The van der Waals surface area contributed by atoms with Gasteiger partial charge in [-0.2, -0.15) is 0 Å². The number of aryl methyl sites for hydroxylation is 3. The number of nitrogens with one attached hydrogen (secondary N) is 1. The fraction of sp³-hybridized carbons (Fsp3) is 0.160. The minimum absolute atomic E-state index is 0.137. The van der Waals surface area contributed by atoms with Crippen molar-refractivity contribution in [3.8, 4) is 17.1 Å². The number of carboxylic acid groups (broad SMARTS) is 1. The Kier molecular flexibility index (Phi) is 6.44. The van der Waals surface area contributed by atoms with Crippen molar-refractivity contribution in [3.05, 3.63) is 86.5 Å². The Hall–Kier alpha value is -3.29. The molecule has 0 radical (unpaired) electrons. The quantitative estimate of drug-likeness (QED) is 0.248. The number of carbonyl (C=O) groups is 1. The smallest absolute Gasteiger partial charge is 0.342 e. The Morgan fingerprint density at radius 2 is 1.76 bits per heavy atom. The number of rotatable bonds is 6. The van der Waals surface area contributed by atoms with Gasteiger partial charge in [0.2, 0.25) is 5.16 Å². The van der Waals surface area contributed by atoms with Gasteiger partial charge in [0.25, 0.3) is 0 Å². The first-order chi connectivity index (χ1) is 15.7. The molecule has 0 aliphatic heterocycles. The maximum absolute atomic E-state index is 12.0. The Labute approximate surface area is 201 Å². The summed E-state index contributed by atoms with van der Waals surface area (Å²) in [6, 6.07) is 15.4. The normalized spacial score (nSPS) is 11.7. The van der Waals surface area contributed by atoms with Gasteiger partial charge in [0.05, 0.1) is 5.69 Å². The van der Waals surface area contributed by atoms with Gasteiger partial charge in [0.1, 0.15) is 4.91 Å². The summed E-state index contributed by atoms with van der Waals surface area (Å²) in [4.78, 5) is 16.6. The van der Waals surface area contributed by atoms with E-state index in [0.717, 1.165) is 51.1 Å². The average Bonchev–Trinajstić information content (AvgIpc) is 3.33. The Morgan fingerprint density at radius 1 is 1.09 bits per heavy atom. The highest BCUT2D eigenvalue weighted by Gasteiger charge is 2.18. The van der Waals surface area contributed by atoms with E-state index < -0.39 is 5.97 Å². The fourth-order valence-electron chi connectivity index (χ4n) is 3.84. The average molecular weight is 479 g/mol. The predicted octanol–water partition coefficient (Wildman–Crippen LogP) is 6.37. The zero-order chi connectivity index (χ0) is 23.7. The molecule has 0 atom stereocenters. The van der Waals surface area contributed by atoms with Crippen LogP contribution in [0, 0.1) is 27.7 Å². The summed E-state index contributed by atoms with van der Waals surface area (Å²) in [5.41, 5.74) is 7.12. The second-order valence-electron chi connectivity index (χ2n) is 7.79. The molecule has 0 amide bonds. The van der Waals surface area contributed by atoms with Crippen molar-refractivity contribution >= 4 is 35.4 Å². The Bertz CT molecular complexity index is 1350. The summed E-state index contributed by atoms with van der Waals surface area (Å²) >= 11 is 6.95. The Morgan fingerprint density at radius 3 is 2.39 bits per heavy atom. The molecule has 4 aromatic rings. The molecule has 2 N–H and O–H groups in total. The van der Waals surface area contributed by atoms with E-state index in [1.165, 1.54) is 0 Å². The molecule has 4 rings (SSSR count). The largest absolute Gasteiger partial charge is 0.477 e. The SMILES string of the molecule is Cc1cccc(C)c1-n1c(C)cc(/C=C(\Sc2n[nH]c(-c3ccc(Cl)cc3)n2)C(=O)O)c1C. The molecule has 0 aliphatic rings. The second-order valence-corrected chi connectivity index (χ2v) is 9.24. The molecule has 0 fully saturated rings. The first kappa shape index (κ1) is 22.9. The van der Waals surface area contributed by atoms with Gasteiger partial charge in [0, 0.05) is 22.0 Å². The van der Waals surface area contributed by atoms with Crippen LogP contribution in [0.4, 0.5) is 0 Å². The van der Waals surface area contributed by atoms with Crippen molar-refractivity contribution in [2.75, 3.05) is 0 Å². The highest BCUT2D eigenvalue weighted by Crippen LogP contribution is 2.31. The summed E-state index contributed by atoms with van der Waals surface area (Å²) in [7, 11) is 0. The van der Waals surface area contributed by atoms with E-state index in [0.29, 0.717) is 16.0 Å². The monoisotopic (exact) mass is 478 g/mol. The number of nitrogens with zero attached hydrogens (tertiary/aromatic N) is 3. The van der Waals surface area contributed by atoms with Crippen LogP contribution < -0.4 is 0 Å². The van der Waals surface area contributed by atoms with E-state index >= 15 is 0 Å². The third-order valence-corrected chi connectivity index (χ3v) is 6.54. The number of aliphatic carboxylic acids is 1.